The lowest BCUT2D eigenvalue weighted by atomic mass is 9.73. The highest BCUT2D eigenvalue weighted by atomic mass is 32.2. The van der Waals surface area contributed by atoms with E-state index in [0.29, 0.717) is 29.0 Å². The van der Waals surface area contributed by atoms with Gasteiger partial charge in [0.25, 0.3) is 5.91 Å². The molecule has 144 valence electrons. The molecule has 2 aromatic rings. The minimum absolute atomic E-state index is 0.0863. The zero-order valence-electron chi connectivity index (χ0n) is 16.1. The molecule has 2 bridgehead atoms. The highest BCUT2D eigenvalue weighted by Crippen LogP contribution is 2.50. The first-order chi connectivity index (χ1) is 12.9. The molecular weight excluding hydrogens is 360 g/mol. The number of pyridine rings is 1. The Balaban J connectivity index is 1.43. The van der Waals surface area contributed by atoms with Crippen molar-refractivity contribution in [3.8, 4) is 0 Å². The molecule has 2 amide bonds. The molecule has 5 rings (SSSR count). The Morgan fingerprint density at radius 3 is 2.89 bits per heavy atom. The summed E-state index contributed by atoms with van der Waals surface area (Å²) in [6.07, 6.45) is 5.51. The summed E-state index contributed by atoms with van der Waals surface area (Å²) in [5.41, 5.74) is 2.32. The fourth-order valence-corrected chi connectivity index (χ4v) is 5.08. The second-order valence-corrected chi connectivity index (χ2v) is 9.63. The Bertz CT molecular complexity index is 885. The quantitative estimate of drug-likeness (QED) is 0.828. The smallest absolute Gasteiger partial charge is 0.253 e. The Kier molecular flexibility index (Phi) is 4.66. The van der Waals surface area contributed by atoms with E-state index in [1.54, 1.807) is 24.3 Å². The van der Waals surface area contributed by atoms with E-state index in [9.17, 15) is 9.59 Å². The molecule has 0 unspecified atom stereocenters. The van der Waals surface area contributed by atoms with Crippen molar-refractivity contribution in [3.05, 3.63) is 35.9 Å². The molecular formula is C20H26N4O2S. The van der Waals surface area contributed by atoms with Gasteiger partial charge in [-0.2, -0.15) is 0 Å². The summed E-state index contributed by atoms with van der Waals surface area (Å²) in [5.74, 6) is 1.24. The van der Waals surface area contributed by atoms with Gasteiger partial charge < -0.3 is 14.6 Å². The Morgan fingerprint density at radius 2 is 2.15 bits per heavy atom. The topological polar surface area (TPSA) is 66.7 Å². The maximum absolute atomic E-state index is 12.8. The molecule has 6 nitrogen and oxygen atoms in total. The fourth-order valence-electron chi connectivity index (χ4n) is 4.45. The third kappa shape index (κ3) is 3.22. The Morgan fingerprint density at radius 1 is 1.37 bits per heavy atom. The van der Waals surface area contributed by atoms with E-state index < -0.39 is 0 Å². The number of carbonyl (C=O) groups excluding carboxylic acids is 2. The van der Waals surface area contributed by atoms with Crippen LogP contribution in [0.25, 0.3) is 5.52 Å². The van der Waals surface area contributed by atoms with Crippen LogP contribution in [0.5, 0.6) is 0 Å². The van der Waals surface area contributed by atoms with Crippen molar-refractivity contribution in [1.29, 1.82) is 0 Å². The zero-order valence-corrected chi connectivity index (χ0v) is 16.9. The highest BCUT2D eigenvalue weighted by Gasteiger charge is 2.57. The van der Waals surface area contributed by atoms with E-state index in [2.05, 4.69) is 24.1 Å². The lowest BCUT2D eigenvalue weighted by Crippen LogP contribution is -2.56. The van der Waals surface area contributed by atoms with E-state index in [4.69, 9.17) is 0 Å². The molecule has 1 aliphatic carbocycles. The molecule has 2 saturated heterocycles. The summed E-state index contributed by atoms with van der Waals surface area (Å²) < 4.78 is 1.92. The minimum Gasteiger partial charge on any atom is -0.350 e. The number of nitrogens with zero attached hydrogens (tertiary/aromatic N) is 3. The Hall–Kier alpha value is -2.02. The predicted molar refractivity (Wildman–Crippen MR) is 107 cm³/mol. The van der Waals surface area contributed by atoms with Crippen molar-refractivity contribution in [2.24, 2.45) is 5.92 Å². The number of nitrogens with one attached hydrogen (secondary N) is 1. The molecule has 0 spiro atoms. The van der Waals surface area contributed by atoms with Crippen LogP contribution in [0.4, 0.5) is 0 Å². The van der Waals surface area contributed by atoms with Crippen LogP contribution in [0.1, 0.15) is 42.7 Å². The van der Waals surface area contributed by atoms with Crippen LogP contribution in [-0.2, 0) is 4.79 Å². The molecule has 0 atom stereocenters. The lowest BCUT2D eigenvalue weighted by Gasteiger charge is -2.42. The maximum Gasteiger partial charge on any atom is 0.253 e. The summed E-state index contributed by atoms with van der Waals surface area (Å²) in [6, 6.07) is 3.75. The predicted octanol–water partition coefficient (Wildman–Crippen LogP) is 2.51. The van der Waals surface area contributed by atoms with Gasteiger partial charge in [0, 0.05) is 18.8 Å². The molecule has 1 saturated carbocycles. The average Bonchev–Trinajstić information content (AvgIpc) is 3.30. The van der Waals surface area contributed by atoms with Gasteiger partial charge in [-0.1, -0.05) is 13.8 Å². The fraction of sp³-hybridized carbons (Fsp3) is 0.550. The molecule has 7 heteroatoms. The van der Waals surface area contributed by atoms with E-state index >= 15 is 0 Å². The number of hydrogen-bond acceptors (Lipinski definition) is 4. The van der Waals surface area contributed by atoms with Crippen LogP contribution >= 0.6 is 11.8 Å². The maximum atomic E-state index is 12.8. The summed E-state index contributed by atoms with van der Waals surface area (Å²) in [4.78, 5) is 31.6. The molecule has 0 radical (unpaired) electrons. The van der Waals surface area contributed by atoms with Gasteiger partial charge in [-0.3, -0.25) is 9.59 Å². The molecule has 2 aromatic heterocycles. The molecule has 4 heterocycles. The van der Waals surface area contributed by atoms with Gasteiger partial charge in [0.2, 0.25) is 5.91 Å². The summed E-state index contributed by atoms with van der Waals surface area (Å²) in [6.45, 7) is 7.51. The van der Waals surface area contributed by atoms with E-state index in [1.165, 1.54) is 0 Å². The van der Waals surface area contributed by atoms with Gasteiger partial charge in [-0.15, -0.1) is 11.8 Å². The largest absolute Gasteiger partial charge is 0.350 e. The third-order valence-electron chi connectivity index (χ3n) is 5.85. The van der Waals surface area contributed by atoms with Crippen LogP contribution in [-0.4, -0.2) is 55.7 Å². The number of fused-ring (bicyclic) bond motifs is 2. The molecule has 2 aliphatic heterocycles. The second-order valence-electron chi connectivity index (χ2n) is 8.07. The molecule has 0 aromatic carbocycles. The number of amides is 2. The standard InChI is InChI=1S/C20H26N4O2S/c1-13(2)27-10-18(25)24-9-15-6-20(24,7-15)11-22-19(26)17-5-4-16-8-21-12-23(16)14(17)3/h4-5,8,12-13,15H,6-7,9-11H2,1-3H3,(H,22,26). The first-order valence-electron chi connectivity index (χ1n) is 9.51. The summed E-state index contributed by atoms with van der Waals surface area (Å²) in [5, 5.41) is 3.54. The van der Waals surface area contributed by atoms with Gasteiger partial charge >= 0.3 is 0 Å². The monoisotopic (exact) mass is 386 g/mol. The Labute approximate surface area is 163 Å². The van der Waals surface area contributed by atoms with Crippen LogP contribution in [0, 0.1) is 12.8 Å². The van der Waals surface area contributed by atoms with Crippen LogP contribution in [0.3, 0.4) is 0 Å². The van der Waals surface area contributed by atoms with Crippen molar-refractivity contribution < 1.29 is 9.59 Å². The van der Waals surface area contributed by atoms with Crippen molar-refractivity contribution in [1.82, 2.24) is 19.6 Å². The van der Waals surface area contributed by atoms with Crippen LogP contribution in [0.2, 0.25) is 0 Å². The number of rotatable bonds is 6. The molecule has 3 fully saturated rings. The van der Waals surface area contributed by atoms with Crippen molar-refractivity contribution in [3.63, 3.8) is 0 Å². The number of thioether (sulfide) groups is 1. The lowest BCUT2D eigenvalue weighted by molar-refractivity contribution is -0.131. The van der Waals surface area contributed by atoms with Crippen molar-refractivity contribution in [2.75, 3.05) is 18.8 Å². The highest BCUT2D eigenvalue weighted by molar-refractivity contribution is 8.00. The van der Waals surface area contributed by atoms with E-state index in [-0.39, 0.29) is 17.4 Å². The van der Waals surface area contributed by atoms with Crippen molar-refractivity contribution >= 4 is 29.1 Å². The summed E-state index contributed by atoms with van der Waals surface area (Å²) in [7, 11) is 0. The van der Waals surface area contributed by atoms with E-state index in [1.807, 2.05) is 28.4 Å². The first-order valence-corrected chi connectivity index (χ1v) is 10.6. The number of imidazole rings is 1. The average molecular weight is 387 g/mol. The van der Waals surface area contributed by atoms with Gasteiger partial charge in [-0.25, -0.2) is 4.98 Å². The number of hydrogen-bond donors (Lipinski definition) is 1. The number of carbonyl (C=O) groups is 2. The van der Waals surface area contributed by atoms with Gasteiger partial charge in [0.1, 0.15) is 0 Å². The van der Waals surface area contributed by atoms with Gasteiger partial charge in [-0.05, 0) is 43.1 Å². The number of aromatic nitrogens is 2. The van der Waals surface area contributed by atoms with Crippen molar-refractivity contribution in [2.45, 2.75) is 44.4 Å². The second kappa shape index (κ2) is 6.86. The van der Waals surface area contributed by atoms with Crippen LogP contribution < -0.4 is 5.32 Å². The molecule has 1 N–H and O–H groups in total. The van der Waals surface area contributed by atoms with E-state index in [0.717, 1.165) is 30.6 Å². The molecule has 27 heavy (non-hydrogen) atoms. The zero-order chi connectivity index (χ0) is 19.2. The summed E-state index contributed by atoms with van der Waals surface area (Å²) >= 11 is 1.68. The molecule has 3 aliphatic rings. The van der Waals surface area contributed by atoms with Crippen LogP contribution in [0.15, 0.2) is 24.7 Å². The first kappa shape index (κ1) is 18.3. The van der Waals surface area contributed by atoms with Gasteiger partial charge in [0.15, 0.2) is 0 Å². The SMILES string of the molecule is Cc1c(C(=O)NCC23CC(CN2C(=O)CSC(C)C)C3)ccc2cncn12. The number of aryl methyl sites for hydroxylation is 1. The van der Waals surface area contributed by atoms with Gasteiger partial charge in [0.05, 0.1) is 34.9 Å². The minimum atomic E-state index is -0.179. The third-order valence-corrected chi connectivity index (χ3v) is 6.93. The normalized spacial score (nSPS) is 23.7.